The lowest BCUT2D eigenvalue weighted by Crippen LogP contribution is -1.98. The number of aryl methyl sites for hydroxylation is 1. The smallest absolute Gasteiger partial charge is 0.264 e. The molecule has 0 aromatic heterocycles. The summed E-state index contributed by atoms with van der Waals surface area (Å²) in [6, 6.07) is 4.69. The van der Waals surface area contributed by atoms with Crippen molar-refractivity contribution in [2.24, 2.45) is 0 Å². The molecule has 0 bridgehead atoms. The Morgan fingerprint density at radius 3 is 2.69 bits per heavy atom. The maximum Gasteiger partial charge on any atom is 0.264 e. The first kappa shape index (κ1) is 13.2. The second-order valence-electron chi connectivity index (χ2n) is 3.39. The molecule has 0 atom stereocenters. The van der Waals surface area contributed by atoms with Crippen molar-refractivity contribution in [3.8, 4) is 5.75 Å². The molecule has 0 fully saturated rings. The van der Waals surface area contributed by atoms with Gasteiger partial charge in [0, 0.05) is 11.4 Å². The second kappa shape index (κ2) is 6.69. The van der Waals surface area contributed by atoms with Crippen LogP contribution in [0.4, 0.5) is 8.78 Å². The number of hydrogen-bond acceptors (Lipinski definition) is 1. The zero-order chi connectivity index (χ0) is 12.0. The lowest BCUT2D eigenvalue weighted by molar-refractivity contribution is 0.150. The van der Waals surface area contributed by atoms with E-state index in [-0.39, 0.29) is 5.56 Å². The highest BCUT2D eigenvalue weighted by atomic mass is 35.5. The highest BCUT2D eigenvalue weighted by molar-refractivity contribution is 6.17. The zero-order valence-corrected chi connectivity index (χ0v) is 9.94. The van der Waals surface area contributed by atoms with Crippen LogP contribution in [-0.2, 0) is 6.42 Å². The molecule has 1 aromatic carbocycles. The van der Waals surface area contributed by atoms with Crippen LogP contribution in [-0.4, -0.2) is 12.5 Å². The normalized spacial score (nSPS) is 10.8. The fraction of sp³-hybridized carbons (Fsp3) is 0.500. The average Bonchev–Trinajstić information content (AvgIpc) is 2.26. The Morgan fingerprint density at radius 2 is 2.12 bits per heavy atom. The zero-order valence-electron chi connectivity index (χ0n) is 9.18. The lowest BCUT2D eigenvalue weighted by atomic mass is 10.0. The third-order valence-electron chi connectivity index (χ3n) is 2.24. The molecule has 0 aliphatic heterocycles. The predicted molar refractivity (Wildman–Crippen MR) is 61.6 cm³/mol. The molecule has 0 unspecified atom stereocenters. The summed E-state index contributed by atoms with van der Waals surface area (Å²) in [7, 11) is 0. The van der Waals surface area contributed by atoms with Crippen LogP contribution in [0.3, 0.4) is 0 Å². The van der Waals surface area contributed by atoms with E-state index in [2.05, 4.69) is 0 Å². The minimum Gasteiger partial charge on any atom is -0.494 e. The van der Waals surface area contributed by atoms with Gasteiger partial charge in [0.25, 0.3) is 6.43 Å². The van der Waals surface area contributed by atoms with Gasteiger partial charge in [0.05, 0.1) is 6.61 Å². The molecule has 0 heterocycles. The summed E-state index contributed by atoms with van der Waals surface area (Å²) in [5.74, 6) is 1.11. The van der Waals surface area contributed by atoms with Crippen molar-refractivity contribution < 1.29 is 13.5 Å². The van der Waals surface area contributed by atoms with Gasteiger partial charge in [-0.05, 0) is 43.5 Å². The third-order valence-corrected chi connectivity index (χ3v) is 2.51. The van der Waals surface area contributed by atoms with Gasteiger partial charge < -0.3 is 4.74 Å². The van der Waals surface area contributed by atoms with Crippen molar-refractivity contribution in [3.63, 3.8) is 0 Å². The first-order chi connectivity index (χ1) is 7.69. The molecule has 1 aromatic rings. The van der Waals surface area contributed by atoms with Gasteiger partial charge in [-0.3, -0.25) is 0 Å². The van der Waals surface area contributed by atoms with Crippen molar-refractivity contribution >= 4 is 11.6 Å². The number of rotatable bonds is 6. The molecule has 0 saturated carbocycles. The van der Waals surface area contributed by atoms with Crippen LogP contribution >= 0.6 is 11.6 Å². The predicted octanol–water partition coefficient (Wildman–Crippen LogP) is 4.19. The van der Waals surface area contributed by atoms with Gasteiger partial charge >= 0.3 is 0 Å². The second-order valence-corrected chi connectivity index (χ2v) is 3.76. The molecule has 0 N–H and O–H groups in total. The molecule has 1 nitrogen and oxygen atoms in total. The van der Waals surface area contributed by atoms with Gasteiger partial charge in [-0.2, -0.15) is 0 Å². The highest BCUT2D eigenvalue weighted by Gasteiger charge is 2.13. The highest BCUT2D eigenvalue weighted by Crippen LogP contribution is 2.27. The van der Waals surface area contributed by atoms with Gasteiger partial charge in [-0.25, -0.2) is 8.78 Å². The van der Waals surface area contributed by atoms with Crippen molar-refractivity contribution in [3.05, 3.63) is 29.3 Å². The number of halogens is 3. The molecular formula is C12H15ClF2O. The van der Waals surface area contributed by atoms with E-state index in [0.29, 0.717) is 36.6 Å². The molecule has 0 aliphatic carbocycles. The summed E-state index contributed by atoms with van der Waals surface area (Å²) in [6.07, 6.45) is -1.19. The summed E-state index contributed by atoms with van der Waals surface area (Å²) in [4.78, 5) is 0. The molecule has 1 rings (SSSR count). The molecule has 90 valence electrons. The number of hydrogen-bond donors (Lipinski definition) is 0. The molecule has 0 spiro atoms. The Balaban J connectivity index is 2.91. The van der Waals surface area contributed by atoms with Crippen LogP contribution in [0.15, 0.2) is 18.2 Å². The third kappa shape index (κ3) is 3.63. The first-order valence-electron chi connectivity index (χ1n) is 5.28. The molecule has 0 saturated heterocycles. The minimum atomic E-state index is -2.44. The van der Waals surface area contributed by atoms with Crippen molar-refractivity contribution in [1.29, 1.82) is 0 Å². The Bertz CT molecular complexity index is 329. The van der Waals surface area contributed by atoms with E-state index in [9.17, 15) is 8.78 Å². The van der Waals surface area contributed by atoms with Crippen LogP contribution in [0.25, 0.3) is 0 Å². The van der Waals surface area contributed by atoms with Crippen LogP contribution in [0.5, 0.6) is 5.75 Å². The standard InChI is InChI=1S/C12H15ClF2O/c1-2-16-10-5-6-11(12(14)15)9(8-10)4-3-7-13/h5-6,8,12H,2-4,7H2,1H3. The van der Waals surface area contributed by atoms with Crippen molar-refractivity contribution in [2.45, 2.75) is 26.2 Å². The quantitative estimate of drug-likeness (QED) is 0.686. The number of ether oxygens (including phenoxy) is 1. The fourth-order valence-electron chi connectivity index (χ4n) is 1.53. The Morgan fingerprint density at radius 1 is 1.38 bits per heavy atom. The molecule has 16 heavy (non-hydrogen) atoms. The summed E-state index contributed by atoms with van der Waals surface area (Å²) in [5, 5.41) is 0. The minimum absolute atomic E-state index is 0.0774. The molecular weight excluding hydrogens is 234 g/mol. The van der Waals surface area contributed by atoms with Crippen LogP contribution in [0, 0.1) is 0 Å². The first-order valence-corrected chi connectivity index (χ1v) is 5.82. The van der Waals surface area contributed by atoms with Gasteiger partial charge in [0.15, 0.2) is 0 Å². The number of benzene rings is 1. The Labute approximate surface area is 99.4 Å². The van der Waals surface area contributed by atoms with Gasteiger partial charge in [-0.1, -0.05) is 0 Å². The monoisotopic (exact) mass is 248 g/mol. The maximum atomic E-state index is 12.7. The van der Waals surface area contributed by atoms with Gasteiger partial charge in [0.2, 0.25) is 0 Å². The van der Waals surface area contributed by atoms with E-state index < -0.39 is 6.43 Å². The molecule has 0 radical (unpaired) electrons. The van der Waals surface area contributed by atoms with Crippen LogP contribution in [0.1, 0.15) is 30.9 Å². The van der Waals surface area contributed by atoms with Crippen LogP contribution in [0.2, 0.25) is 0 Å². The van der Waals surface area contributed by atoms with E-state index in [1.165, 1.54) is 6.07 Å². The summed E-state index contributed by atoms with van der Waals surface area (Å²) in [6.45, 7) is 2.39. The van der Waals surface area contributed by atoms with E-state index in [4.69, 9.17) is 16.3 Å². The van der Waals surface area contributed by atoms with Crippen LogP contribution < -0.4 is 4.74 Å². The summed E-state index contributed by atoms with van der Waals surface area (Å²) < 4.78 is 30.7. The Kier molecular flexibility index (Phi) is 5.53. The van der Waals surface area contributed by atoms with Gasteiger partial charge in [-0.15, -0.1) is 11.6 Å². The van der Waals surface area contributed by atoms with Gasteiger partial charge in [0.1, 0.15) is 5.75 Å². The summed E-state index contributed by atoms with van der Waals surface area (Å²) in [5.41, 5.74) is 0.704. The SMILES string of the molecule is CCOc1ccc(C(F)F)c(CCCCl)c1. The summed E-state index contributed by atoms with van der Waals surface area (Å²) >= 11 is 5.57. The van der Waals surface area contributed by atoms with Crippen molar-refractivity contribution in [1.82, 2.24) is 0 Å². The average molecular weight is 249 g/mol. The van der Waals surface area contributed by atoms with E-state index in [0.717, 1.165) is 0 Å². The number of alkyl halides is 3. The van der Waals surface area contributed by atoms with E-state index in [1.807, 2.05) is 6.92 Å². The van der Waals surface area contributed by atoms with E-state index >= 15 is 0 Å². The largest absolute Gasteiger partial charge is 0.494 e. The molecule has 0 amide bonds. The Hall–Kier alpha value is -0.830. The van der Waals surface area contributed by atoms with Crippen molar-refractivity contribution in [2.75, 3.05) is 12.5 Å². The topological polar surface area (TPSA) is 9.23 Å². The fourth-order valence-corrected chi connectivity index (χ4v) is 1.66. The maximum absolute atomic E-state index is 12.7. The molecule has 4 heteroatoms. The molecule has 0 aliphatic rings. The lowest BCUT2D eigenvalue weighted by Gasteiger charge is -2.11. The van der Waals surface area contributed by atoms with E-state index in [1.54, 1.807) is 12.1 Å².